The van der Waals surface area contributed by atoms with Gasteiger partial charge in [0.2, 0.25) is 5.91 Å². The maximum absolute atomic E-state index is 14.0. The topological polar surface area (TPSA) is 93.2 Å². The standard InChI is InChI=1S/C24H34N2O6S/c1-14-12-15(2)18(16(3)13-14)33(29,30)26-20(32-7)19(31-6)25(22(26)28)21(27)24-10-8-17(9-11-24)23(24,4)5/h12-13,17,19-20H,8-11H2,1-7H3/t17?,19-,20-,24?/m1/s1. The van der Waals surface area contributed by atoms with Gasteiger partial charge in [-0.3, -0.25) is 4.79 Å². The molecule has 0 N–H and O–H groups in total. The van der Waals surface area contributed by atoms with Gasteiger partial charge in [-0.15, -0.1) is 0 Å². The van der Waals surface area contributed by atoms with Crippen molar-refractivity contribution in [3.8, 4) is 0 Å². The number of urea groups is 1. The number of carbonyl (C=O) groups excluding carboxylic acids is 2. The molecule has 2 aliphatic carbocycles. The largest absolute Gasteiger partial charge is 0.356 e. The summed E-state index contributed by atoms with van der Waals surface area (Å²) in [7, 11) is -1.64. The number of sulfonamides is 1. The van der Waals surface area contributed by atoms with Crippen LogP contribution in [0, 0.1) is 37.5 Å². The van der Waals surface area contributed by atoms with E-state index in [9.17, 15) is 18.0 Å². The van der Waals surface area contributed by atoms with Gasteiger partial charge in [0, 0.05) is 14.2 Å². The van der Waals surface area contributed by atoms with Crippen molar-refractivity contribution in [3.63, 3.8) is 0 Å². The average Bonchev–Trinajstić information content (AvgIpc) is 3.27. The normalized spacial score (nSPS) is 31.0. The zero-order valence-corrected chi connectivity index (χ0v) is 21.3. The molecule has 3 fully saturated rings. The first-order valence-corrected chi connectivity index (χ1v) is 12.8. The van der Waals surface area contributed by atoms with E-state index in [0.717, 1.165) is 23.3 Å². The van der Waals surface area contributed by atoms with Crippen LogP contribution in [0.25, 0.3) is 0 Å². The summed E-state index contributed by atoms with van der Waals surface area (Å²) >= 11 is 0. The second-order valence-electron chi connectivity index (χ2n) is 10.3. The molecular formula is C24H34N2O6S. The van der Waals surface area contributed by atoms with E-state index in [1.54, 1.807) is 26.0 Å². The maximum Gasteiger partial charge on any atom is 0.345 e. The van der Waals surface area contributed by atoms with E-state index >= 15 is 0 Å². The Morgan fingerprint density at radius 2 is 1.52 bits per heavy atom. The zero-order chi connectivity index (χ0) is 24.5. The van der Waals surface area contributed by atoms with Crippen LogP contribution in [0.1, 0.15) is 56.2 Å². The highest BCUT2D eigenvalue weighted by atomic mass is 32.2. The fraction of sp³-hybridized carbons (Fsp3) is 0.667. The Labute approximate surface area is 196 Å². The predicted molar refractivity (Wildman–Crippen MR) is 122 cm³/mol. The number of hydrogen-bond donors (Lipinski definition) is 0. The Bertz CT molecular complexity index is 1080. The number of hydrogen-bond acceptors (Lipinski definition) is 6. The number of benzene rings is 1. The zero-order valence-electron chi connectivity index (χ0n) is 20.5. The molecule has 1 aromatic carbocycles. The van der Waals surface area contributed by atoms with Gasteiger partial charge in [0.1, 0.15) is 0 Å². The number of aryl methyl sites for hydroxylation is 3. The van der Waals surface area contributed by atoms with Gasteiger partial charge in [-0.1, -0.05) is 31.5 Å². The van der Waals surface area contributed by atoms with E-state index in [-0.39, 0.29) is 16.2 Å². The van der Waals surface area contributed by atoms with Crippen molar-refractivity contribution in [2.24, 2.45) is 16.7 Å². The Hall–Kier alpha value is -1.97. The molecule has 9 heteroatoms. The van der Waals surface area contributed by atoms with Crippen molar-refractivity contribution < 1.29 is 27.5 Å². The molecule has 1 aliphatic heterocycles. The molecule has 1 aromatic rings. The summed E-state index contributed by atoms with van der Waals surface area (Å²) in [5.41, 5.74) is 0.996. The fourth-order valence-electron chi connectivity index (χ4n) is 6.70. The highest BCUT2D eigenvalue weighted by Gasteiger charge is 2.67. The minimum Gasteiger partial charge on any atom is -0.356 e. The predicted octanol–water partition coefficient (Wildman–Crippen LogP) is 3.73. The van der Waals surface area contributed by atoms with E-state index in [0.29, 0.717) is 34.2 Å². The van der Waals surface area contributed by atoms with Crippen molar-refractivity contribution in [3.05, 3.63) is 28.8 Å². The Kier molecular flexibility index (Phi) is 5.70. The quantitative estimate of drug-likeness (QED) is 0.640. The summed E-state index contributed by atoms with van der Waals surface area (Å²) in [6, 6.07) is 2.61. The van der Waals surface area contributed by atoms with Crippen LogP contribution >= 0.6 is 0 Å². The number of carbonyl (C=O) groups is 2. The summed E-state index contributed by atoms with van der Waals surface area (Å²) in [5.74, 6) is 0.0533. The van der Waals surface area contributed by atoms with Crippen LogP contribution in [0.5, 0.6) is 0 Å². The molecule has 2 bridgehead atoms. The van der Waals surface area contributed by atoms with Crippen molar-refractivity contribution >= 4 is 22.0 Å². The molecule has 182 valence electrons. The summed E-state index contributed by atoms with van der Waals surface area (Å²) < 4.78 is 39.4. The number of nitrogens with zero attached hydrogens (tertiary/aromatic N) is 2. The Balaban J connectivity index is 1.81. The second-order valence-corrected chi connectivity index (χ2v) is 12.1. The third-order valence-electron chi connectivity index (χ3n) is 8.45. The van der Waals surface area contributed by atoms with Gasteiger partial charge in [-0.05, 0) is 68.9 Å². The molecule has 2 saturated carbocycles. The van der Waals surface area contributed by atoms with Gasteiger partial charge < -0.3 is 9.47 Å². The molecular weight excluding hydrogens is 444 g/mol. The smallest absolute Gasteiger partial charge is 0.345 e. The van der Waals surface area contributed by atoms with E-state index in [1.165, 1.54) is 14.2 Å². The lowest BCUT2D eigenvalue weighted by molar-refractivity contribution is -0.158. The number of ether oxygens (including phenoxy) is 2. The summed E-state index contributed by atoms with van der Waals surface area (Å²) in [6.45, 7) is 9.45. The SMILES string of the molecule is CO[C@@H]1[C@@H](OC)N(S(=O)(=O)c2c(C)cc(C)cc2C)C(=O)N1C(=O)C12CCC(CC1)C2(C)C. The van der Waals surface area contributed by atoms with Gasteiger partial charge >= 0.3 is 6.03 Å². The van der Waals surface area contributed by atoms with Crippen LogP contribution in [0.3, 0.4) is 0 Å². The molecule has 0 aromatic heterocycles. The van der Waals surface area contributed by atoms with E-state index < -0.39 is 33.9 Å². The minimum absolute atomic E-state index is 0.0490. The van der Waals surface area contributed by atoms with Gasteiger partial charge in [-0.25, -0.2) is 18.1 Å². The molecule has 3 amide bonds. The first kappa shape index (κ1) is 24.2. The van der Waals surface area contributed by atoms with Crippen LogP contribution < -0.4 is 0 Å². The molecule has 33 heavy (non-hydrogen) atoms. The molecule has 1 saturated heterocycles. The molecule has 3 aliphatic rings. The highest BCUT2D eigenvalue weighted by Crippen LogP contribution is 2.66. The molecule has 0 unspecified atom stereocenters. The lowest BCUT2D eigenvalue weighted by Gasteiger charge is -2.39. The van der Waals surface area contributed by atoms with E-state index in [2.05, 4.69) is 13.8 Å². The first-order valence-electron chi connectivity index (χ1n) is 11.4. The van der Waals surface area contributed by atoms with Crippen molar-refractivity contribution in [1.29, 1.82) is 0 Å². The second kappa shape index (κ2) is 7.78. The molecule has 4 rings (SSSR count). The number of rotatable bonds is 5. The lowest BCUT2D eigenvalue weighted by atomic mass is 9.68. The summed E-state index contributed by atoms with van der Waals surface area (Å²) in [5, 5.41) is 0. The fourth-order valence-corrected chi connectivity index (χ4v) is 8.59. The first-order chi connectivity index (χ1) is 15.3. The van der Waals surface area contributed by atoms with Gasteiger partial charge in [0.15, 0.2) is 12.5 Å². The summed E-state index contributed by atoms with van der Waals surface area (Å²) in [4.78, 5) is 28.8. The van der Waals surface area contributed by atoms with Crippen LogP contribution in [0.4, 0.5) is 4.79 Å². The number of imide groups is 1. The van der Waals surface area contributed by atoms with Crippen LogP contribution in [0.15, 0.2) is 17.0 Å². The Morgan fingerprint density at radius 1 is 1.00 bits per heavy atom. The monoisotopic (exact) mass is 478 g/mol. The molecule has 1 heterocycles. The van der Waals surface area contributed by atoms with Crippen molar-refractivity contribution in [2.45, 2.75) is 77.7 Å². The van der Waals surface area contributed by atoms with Crippen molar-refractivity contribution in [1.82, 2.24) is 9.21 Å². The number of amides is 3. The third kappa shape index (κ3) is 3.12. The lowest BCUT2D eigenvalue weighted by Crippen LogP contribution is -2.52. The van der Waals surface area contributed by atoms with E-state index in [4.69, 9.17) is 9.47 Å². The molecule has 8 nitrogen and oxygen atoms in total. The molecule has 0 spiro atoms. The maximum atomic E-state index is 14.0. The molecule has 2 atom stereocenters. The van der Waals surface area contributed by atoms with Crippen molar-refractivity contribution in [2.75, 3.05) is 14.2 Å². The average molecular weight is 479 g/mol. The number of methoxy groups -OCH3 is 2. The number of fused-ring (bicyclic) bond motifs is 2. The van der Waals surface area contributed by atoms with Gasteiger partial charge in [0.25, 0.3) is 10.0 Å². The van der Waals surface area contributed by atoms with E-state index in [1.807, 2.05) is 6.92 Å². The summed E-state index contributed by atoms with van der Waals surface area (Å²) in [6.07, 6.45) is 0.774. The third-order valence-corrected chi connectivity index (χ3v) is 10.5. The molecule has 0 radical (unpaired) electrons. The minimum atomic E-state index is -4.32. The Morgan fingerprint density at radius 3 is 1.94 bits per heavy atom. The van der Waals surface area contributed by atoms with Crippen LogP contribution in [-0.4, -0.2) is 56.2 Å². The van der Waals surface area contributed by atoms with Gasteiger partial charge in [-0.2, -0.15) is 4.31 Å². The van der Waals surface area contributed by atoms with Crippen LogP contribution in [-0.2, 0) is 24.3 Å². The highest BCUT2D eigenvalue weighted by molar-refractivity contribution is 7.89. The van der Waals surface area contributed by atoms with Gasteiger partial charge in [0.05, 0.1) is 10.3 Å². The van der Waals surface area contributed by atoms with Crippen LogP contribution in [0.2, 0.25) is 0 Å².